The van der Waals surface area contributed by atoms with Crippen LogP contribution in [0.1, 0.15) is 33.7 Å². The van der Waals surface area contributed by atoms with Crippen molar-refractivity contribution in [2.45, 2.75) is 33.7 Å². The van der Waals surface area contributed by atoms with Gasteiger partial charge in [0.25, 0.3) is 0 Å². The molecule has 0 fully saturated rings. The summed E-state index contributed by atoms with van der Waals surface area (Å²) in [6.07, 6.45) is 0.854. The van der Waals surface area contributed by atoms with Gasteiger partial charge in [-0.3, -0.25) is 14.9 Å². The minimum absolute atomic E-state index is 0.0999. The van der Waals surface area contributed by atoms with Gasteiger partial charge in [-0.2, -0.15) is 0 Å². The van der Waals surface area contributed by atoms with Crippen molar-refractivity contribution in [3.8, 4) is 5.75 Å². The molecule has 7 heteroatoms. The number of Topliss-reactive ketones (excluding diaryl/α,β-unsaturated/α-hetero) is 1. The van der Waals surface area contributed by atoms with Crippen LogP contribution in [0.2, 0.25) is 0 Å². The Morgan fingerprint density at radius 2 is 1.96 bits per heavy atom. The summed E-state index contributed by atoms with van der Waals surface area (Å²) in [5, 5.41) is 11.1. The predicted molar refractivity (Wildman–Crippen MR) is 98.1 cm³/mol. The molecule has 1 aromatic heterocycles. The molecular formula is C19H24N2O5. The molecule has 0 saturated carbocycles. The molecule has 0 spiro atoms. The number of nitro benzene ring substituents is 1. The van der Waals surface area contributed by atoms with Gasteiger partial charge in [0, 0.05) is 43.3 Å². The number of aromatic nitrogens is 1. The summed E-state index contributed by atoms with van der Waals surface area (Å²) in [5.41, 5.74) is 3.06. The van der Waals surface area contributed by atoms with Gasteiger partial charge < -0.3 is 14.0 Å². The lowest BCUT2D eigenvalue weighted by Gasteiger charge is -2.10. The average Bonchev–Trinajstić information content (AvgIpc) is 2.88. The maximum absolute atomic E-state index is 12.5. The van der Waals surface area contributed by atoms with E-state index >= 15 is 0 Å². The Labute approximate surface area is 152 Å². The van der Waals surface area contributed by atoms with Crippen LogP contribution in [0.5, 0.6) is 5.75 Å². The summed E-state index contributed by atoms with van der Waals surface area (Å²) in [6, 6.07) is 6.50. The Kier molecular flexibility index (Phi) is 6.52. The molecule has 2 rings (SSSR count). The maximum Gasteiger partial charge on any atom is 0.311 e. The number of ether oxygens (including phenoxy) is 2. The molecule has 1 aromatic carbocycles. The third-order valence-corrected chi connectivity index (χ3v) is 4.27. The highest BCUT2D eigenvalue weighted by Gasteiger charge is 2.19. The molecule has 0 aliphatic rings. The minimum atomic E-state index is -0.505. The molecule has 26 heavy (non-hydrogen) atoms. The average molecular weight is 360 g/mol. The summed E-state index contributed by atoms with van der Waals surface area (Å²) in [5.74, 6) is -0.103. The number of nitro groups is 1. The molecule has 0 N–H and O–H groups in total. The van der Waals surface area contributed by atoms with E-state index in [9.17, 15) is 14.9 Å². The smallest absolute Gasteiger partial charge is 0.311 e. The van der Waals surface area contributed by atoms with Crippen LogP contribution in [0, 0.1) is 30.9 Å². The lowest BCUT2D eigenvalue weighted by atomic mass is 10.1. The minimum Gasteiger partial charge on any atom is -0.478 e. The molecule has 0 amide bonds. The first kappa shape index (κ1) is 19.7. The second-order valence-electron chi connectivity index (χ2n) is 6.22. The highest BCUT2D eigenvalue weighted by Crippen LogP contribution is 2.28. The first-order chi connectivity index (χ1) is 12.3. The number of hydrogen-bond acceptors (Lipinski definition) is 5. The third kappa shape index (κ3) is 4.49. The van der Waals surface area contributed by atoms with Crippen molar-refractivity contribution >= 4 is 11.5 Å². The molecule has 0 aliphatic heterocycles. The van der Waals surface area contributed by atoms with Gasteiger partial charge in [-0.25, -0.2) is 0 Å². The monoisotopic (exact) mass is 360 g/mol. The Morgan fingerprint density at radius 1 is 1.23 bits per heavy atom. The van der Waals surface area contributed by atoms with Crippen LogP contribution in [0.15, 0.2) is 24.3 Å². The lowest BCUT2D eigenvalue weighted by molar-refractivity contribution is -0.385. The van der Waals surface area contributed by atoms with Crippen molar-refractivity contribution in [3.63, 3.8) is 0 Å². The number of benzene rings is 1. The summed E-state index contributed by atoms with van der Waals surface area (Å²) in [4.78, 5) is 23.2. The summed E-state index contributed by atoms with van der Waals surface area (Å²) < 4.78 is 12.6. The van der Waals surface area contributed by atoms with Crippen LogP contribution in [0.3, 0.4) is 0 Å². The van der Waals surface area contributed by atoms with E-state index in [2.05, 4.69) is 4.57 Å². The van der Waals surface area contributed by atoms with Crippen molar-refractivity contribution < 1.29 is 19.2 Å². The number of ketones is 1. The normalized spacial score (nSPS) is 10.8. The van der Waals surface area contributed by atoms with E-state index in [-0.39, 0.29) is 23.8 Å². The van der Waals surface area contributed by atoms with E-state index in [0.717, 1.165) is 29.9 Å². The van der Waals surface area contributed by atoms with Crippen molar-refractivity contribution in [3.05, 3.63) is 56.9 Å². The highest BCUT2D eigenvalue weighted by atomic mass is 16.6. The fourth-order valence-corrected chi connectivity index (χ4v) is 2.91. The molecular weight excluding hydrogens is 336 g/mol. The molecule has 0 radical (unpaired) electrons. The molecule has 0 aliphatic carbocycles. The summed E-state index contributed by atoms with van der Waals surface area (Å²) in [7, 11) is 1.66. The van der Waals surface area contributed by atoms with E-state index in [1.54, 1.807) is 20.1 Å². The van der Waals surface area contributed by atoms with Crippen LogP contribution in [0.25, 0.3) is 0 Å². The first-order valence-corrected chi connectivity index (χ1v) is 8.41. The molecule has 1 heterocycles. The fourth-order valence-electron chi connectivity index (χ4n) is 2.91. The predicted octanol–water partition coefficient (Wildman–Crippen LogP) is 3.62. The SMILES string of the molecule is COCCCn1c(C)cc(C(=O)COc2ccc(C)cc2[N+](=O)[O-])c1C. The summed E-state index contributed by atoms with van der Waals surface area (Å²) >= 11 is 0. The van der Waals surface area contributed by atoms with E-state index in [4.69, 9.17) is 9.47 Å². The van der Waals surface area contributed by atoms with Gasteiger partial charge in [0.05, 0.1) is 4.92 Å². The van der Waals surface area contributed by atoms with Crippen LogP contribution in [-0.4, -0.2) is 35.6 Å². The topological polar surface area (TPSA) is 83.6 Å². The second kappa shape index (κ2) is 8.62. The number of aryl methyl sites for hydroxylation is 2. The maximum atomic E-state index is 12.5. The zero-order chi connectivity index (χ0) is 19.3. The number of nitrogens with zero attached hydrogens (tertiary/aromatic N) is 2. The van der Waals surface area contributed by atoms with Crippen LogP contribution >= 0.6 is 0 Å². The quantitative estimate of drug-likeness (QED) is 0.295. The first-order valence-electron chi connectivity index (χ1n) is 8.41. The standard InChI is InChI=1S/C19H24N2O5/c1-13-6-7-19(17(10-13)21(23)24)26-12-18(22)16-11-14(2)20(15(16)3)8-5-9-25-4/h6-7,10-11H,5,8-9,12H2,1-4H3. The Bertz CT molecular complexity index is 811. The zero-order valence-electron chi connectivity index (χ0n) is 15.6. The van der Waals surface area contributed by atoms with E-state index in [1.165, 1.54) is 12.1 Å². The van der Waals surface area contributed by atoms with Crippen molar-refractivity contribution in [2.24, 2.45) is 0 Å². The van der Waals surface area contributed by atoms with Gasteiger partial charge >= 0.3 is 5.69 Å². The van der Waals surface area contributed by atoms with E-state index < -0.39 is 4.92 Å². The highest BCUT2D eigenvalue weighted by molar-refractivity contribution is 5.98. The Morgan fingerprint density at radius 3 is 2.62 bits per heavy atom. The van der Waals surface area contributed by atoms with E-state index in [0.29, 0.717) is 12.2 Å². The molecule has 0 saturated heterocycles. The number of carbonyl (C=O) groups excluding carboxylic acids is 1. The van der Waals surface area contributed by atoms with Crippen LogP contribution in [0.4, 0.5) is 5.69 Å². The molecule has 0 bridgehead atoms. The molecule has 0 unspecified atom stereocenters. The second-order valence-corrected chi connectivity index (χ2v) is 6.22. The van der Waals surface area contributed by atoms with Gasteiger partial charge in [-0.05, 0) is 44.9 Å². The molecule has 2 aromatic rings. The fraction of sp³-hybridized carbons (Fsp3) is 0.421. The molecule has 140 valence electrons. The Hall–Kier alpha value is -2.67. The number of hydrogen-bond donors (Lipinski definition) is 0. The van der Waals surface area contributed by atoms with Crippen molar-refractivity contribution in [1.29, 1.82) is 0 Å². The largest absolute Gasteiger partial charge is 0.478 e. The van der Waals surface area contributed by atoms with Gasteiger partial charge in [-0.15, -0.1) is 0 Å². The van der Waals surface area contributed by atoms with Crippen LogP contribution in [-0.2, 0) is 11.3 Å². The lowest BCUT2D eigenvalue weighted by Crippen LogP contribution is -2.14. The third-order valence-electron chi connectivity index (χ3n) is 4.27. The number of methoxy groups -OCH3 is 1. The van der Waals surface area contributed by atoms with Crippen molar-refractivity contribution in [2.75, 3.05) is 20.3 Å². The number of rotatable bonds is 9. The van der Waals surface area contributed by atoms with Crippen molar-refractivity contribution in [1.82, 2.24) is 4.57 Å². The summed E-state index contributed by atoms with van der Waals surface area (Å²) in [6.45, 7) is 6.78. The van der Waals surface area contributed by atoms with Gasteiger partial charge in [-0.1, -0.05) is 6.07 Å². The number of carbonyl (C=O) groups is 1. The zero-order valence-corrected chi connectivity index (χ0v) is 15.6. The Balaban J connectivity index is 2.12. The van der Waals surface area contributed by atoms with Gasteiger partial charge in [0.15, 0.2) is 12.4 Å². The van der Waals surface area contributed by atoms with Gasteiger partial charge in [0.1, 0.15) is 0 Å². The van der Waals surface area contributed by atoms with Crippen LogP contribution < -0.4 is 4.74 Å². The molecule has 7 nitrogen and oxygen atoms in total. The van der Waals surface area contributed by atoms with Gasteiger partial charge in [0.2, 0.25) is 5.78 Å². The molecule has 0 atom stereocenters. The van der Waals surface area contributed by atoms with E-state index in [1.807, 2.05) is 19.9 Å².